The third-order valence-corrected chi connectivity index (χ3v) is 19.1. The zero-order chi connectivity index (χ0) is 84.5. The van der Waals surface area contributed by atoms with Crippen molar-refractivity contribution in [2.45, 2.75) is 228 Å². The van der Waals surface area contributed by atoms with Crippen LogP contribution in [-0.4, -0.2) is 415 Å². The average molecular weight is 1680 g/mol. The van der Waals surface area contributed by atoms with Crippen LogP contribution in [0.4, 0.5) is 0 Å². The van der Waals surface area contributed by atoms with E-state index in [1.807, 2.05) is 4.90 Å². The second kappa shape index (κ2) is 49.5. The maximum Gasteiger partial charge on any atom is 0.237 e. The molecule has 0 bridgehead atoms. The second-order valence-electron chi connectivity index (χ2n) is 28.3. The van der Waals surface area contributed by atoms with E-state index in [2.05, 4.69) is 72.7 Å². The van der Waals surface area contributed by atoms with E-state index in [4.69, 9.17) is 62.6 Å². The fraction of sp³-hybridized carbons (Fsp3) is 0.809. The predicted octanol–water partition coefficient (Wildman–Crippen LogP) is -11.7. The van der Waals surface area contributed by atoms with Crippen molar-refractivity contribution in [1.29, 1.82) is 0 Å². The molecule has 0 aromatic carbocycles. The van der Waals surface area contributed by atoms with Gasteiger partial charge in [-0.05, 0) is 19.4 Å². The van der Waals surface area contributed by atoms with Crippen LogP contribution in [0.15, 0.2) is 24.8 Å². The summed E-state index contributed by atoms with van der Waals surface area (Å²) in [5.41, 5.74) is 8.06. The maximum absolute atomic E-state index is 14.6. The van der Waals surface area contributed by atoms with Gasteiger partial charge in [0, 0.05) is 91.8 Å². The standard InChI is InChI=1S/C68H116N20O29/c1-39(93)71-52-60(101)56(97)48(35-89)114-65(52)110-23-19-106-15-11-85-31-43(75-79-85)27-83(28-44-32-86(80-76-44)12-16-107-20-24-111-66-53(72-40(2)94)61(102)57(98)49(36-90)115-66)10-6-5-7-47(64(105)70-9-8-69)84(29-45-33-87(81-77-45)13-17-108-21-25-112-67-54(73-41(3)95)62(103)58(99)50(37-91)116-67)30-46-34-88(82-78-46)14-18-109-22-26-113-68-55(74-42(4)96)63(104)59(100)51(38-92)117-68/h31-34,47-63,65-68,89-92,97-104H,5-30,35-38,69H2,1-4H3,(H,70,105)(H,71,93)(H,72,94)(H,73,95)(H,74,96)/t47-,48?,49?,50?,51?,52?,53?,54?,55?,56?,57?,58?,59?,60?,61?,62?,63?,65?,66?,67?,68?/m0/s1. The normalized spacial score (nSPS) is 27.8. The Bertz CT molecular complexity index is 3350. The van der Waals surface area contributed by atoms with E-state index in [1.54, 1.807) is 43.5 Å². The lowest BCUT2D eigenvalue weighted by atomic mass is 9.97. The van der Waals surface area contributed by atoms with E-state index in [9.17, 15) is 85.3 Å². The number of carbonyl (C=O) groups excluding carboxylic acids is 5. The Morgan fingerprint density at radius 1 is 0.419 bits per heavy atom. The minimum Gasteiger partial charge on any atom is -0.394 e. The quantitative estimate of drug-likeness (QED) is 0.0183. The second-order valence-corrected chi connectivity index (χ2v) is 28.3. The highest BCUT2D eigenvalue weighted by atomic mass is 16.7. The number of rotatable bonds is 53. The van der Waals surface area contributed by atoms with Gasteiger partial charge in [0.05, 0.1) is 161 Å². The molecule has 0 aliphatic carbocycles. The van der Waals surface area contributed by atoms with Crippen LogP contribution >= 0.6 is 0 Å². The molecule has 19 N–H and O–H groups in total. The first kappa shape index (κ1) is 95.3. The number of ether oxygens (including phenoxy) is 12. The number of aliphatic hydroxyl groups excluding tert-OH is 12. The van der Waals surface area contributed by atoms with E-state index < -0.39 is 179 Å². The van der Waals surface area contributed by atoms with Gasteiger partial charge in [0.25, 0.3) is 0 Å². The van der Waals surface area contributed by atoms with Crippen LogP contribution in [0.25, 0.3) is 0 Å². The first-order chi connectivity index (χ1) is 56.3. The molecule has 20 unspecified atom stereocenters. The maximum atomic E-state index is 14.6. The van der Waals surface area contributed by atoms with E-state index in [0.717, 1.165) is 0 Å². The molecule has 4 aliphatic rings. The van der Waals surface area contributed by atoms with Gasteiger partial charge in [0.1, 0.15) is 97.4 Å². The number of nitrogens with two attached hydrogens (primary N) is 1. The fourth-order valence-corrected chi connectivity index (χ4v) is 13.3. The molecule has 0 radical (unpaired) electrons. The Kier molecular flexibility index (Phi) is 40.3. The van der Waals surface area contributed by atoms with Crippen molar-refractivity contribution < 1.29 is 142 Å². The molecule has 117 heavy (non-hydrogen) atoms. The van der Waals surface area contributed by atoms with Gasteiger partial charge in [0.15, 0.2) is 25.2 Å². The van der Waals surface area contributed by atoms with Crippen LogP contribution in [0.2, 0.25) is 0 Å². The smallest absolute Gasteiger partial charge is 0.237 e. The van der Waals surface area contributed by atoms with Crippen LogP contribution in [-0.2, 0) is 133 Å². The minimum atomic E-state index is -1.49. The number of carbonyl (C=O) groups is 5. The highest BCUT2D eigenvalue weighted by Gasteiger charge is 2.49. The van der Waals surface area contributed by atoms with Crippen LogP contribution in [0.1, 0.15) is 69.7 Å². The molecule has 49 nitrogen and oxygen atoms in total. The summed E-state index contributed by atoms with van der Waals surface area (Å²) >= 11 is 0. The molecule has 8 rings (SSSR count). The van der Waals surface area contributed by atoms with Crippen molar-refractivity contribution >= 4 is 29.5 Å². The number of hydrogen-bond acceptors (Lipinski definition) is 40. The van der Waals surface area contributed by atoms with Crippen molar-refractivity contribution in [3.05, 3.63) is 47.6 Å². The topological polar surface area (TPSA) is 654 Å². The lowest BCUT2D eigenvalue weighted by Gasteiger charge is -2.42. The van der Waals surface area contributed by atoms with Gasteiger partial charge >= 0.3 is 0 Å². The Hall–Kier alpha value is -7.17. The first-order valence-corrected chi connectivity index (χ1v) is 38.7. The molecule has 4 aromatic heterocycles. The zero-order valence-corrected chi connectivity index (χ0v) is 65.8. The Labute approximate surface area is 672 Å². The van der Waals surface area contributed by atoms with Gasteiger partial charge in [-0.25, -0.2) is 18.7 Å². The molecule has 0 spiro atoms. The number of nitrogens with zero attached hydrogens (tertiary/aromatic N) is 14. The average Bonchev–Trinajstić information content (AvgIpc) is 1.68. The minimum absolute atomic E-state index is 0.0266. The molecule has 4 saturated heterocycles. The summed E-state index contributed by atoms with van der Waals surface area (Å²) in [6.07, 6.45) is -13.2. The molecule has 4 fully saturated rings. The molecular weight excluding hydrogens is 1560 g/mol. The van der Waals surface area contributed by atoms with E-state index in [0.29, 0.717) is 48.6 Å². The van der Waals surface area contributed by atoms with Crippen LogP contribution in [0, 0.1) is 0 Å². The zero-order valence-electron chi connectivity index (χ0n) is 65.8. The van der Waals surface area contributed by atoms with Crippen LogP contribution in [0.3, 0.4) is 0 Å². The lowest BCUT2D eigenvalue weighted by molar-refractivity contribution is -0.272. The number of aliphatic hydroxyl groups is 12. The van der Waals surface area contributed by atoms with Crippen LogP contribution in [0.5, 0.6) is 0 Å². The predicted molar refractivity (Wildman–Crippen MR) is 392 cm³/mol. The molecule has 662 valence electrons. The molecule has 8 heterocycles. The number of hydrogen-bond donors (Lipinski definition) is 18. The summed E-state index contributed by atoms with van der Waals surface area (Å²) in [6, 6.07) is -5.35. The highest BCUT2D eigenvalue weighted by molar-refractivity contribution is 5.81. The highest BCUT2D eigenvalue weighted by Crippen LogP contribution is 2.27. The number of unbranched alkanes of at least 4 members (excludes halogenated alkanes) is 1. The third kappa shape index (κ3) is 29.9. The number of nitrogens with one attached hydrogen (secondary N) is 5. The summed E-state index contributed by atoms with van der Waals surface area (Å²) in [6.45, 7) is 5.36. The number of amides is 5. The van der Waals surface area contributed by atoms with Gasteiger partial charge < -0.3 is 150 Å². The van der Waals surface area contributed by atoms with Crippen molar-refractivity contribution in [3.63, 3.8) is 0 Å². The molecule has 21 atom stereocenters. The van der Waals surface area contributed by atoms with E-state index >= 15 is 0 Å². The Morgan fingerprint density at radius 3 is 0.966 bits per heavy atom. The van der Waals surface area contributed by atoms with E-state index in [1.165, 1.54) is 27.7 Å². The lowest BCUT2D eigenvalue weighted by Crippen LogP contribution is -2.64. The van der Waals surface area contributed by atoms with Crippen molar-refractivity contribution in [2.75, 3.05) is 125 Å². The number of aromatic nitrogens is 12. The van der Waals surface area contributed by atoms with Gasteiger partial charge in [-0.1, -0.05) is 27.3 Å². The van der Waals surface area contributed by atoms with Crippen molar-refractivity contribution in [1.82, 2.24) is 96.4 Å². The van der Waals surface area contributed by atoms with Gasteiger partial charge in [0.2, 0.25) is 29.5 Å². The van der Waals surface area contributed by atoms with E-state index in [-0.39, 0.29) is 151 Å². The largest absolute Gasteiger partial charge is 0.394 e. The summed E-state index contributed by atoms with van der Waals surface area (Å²) in [5.74, 6) is -2.35. The summed E-state index contributed by atoms with van der Waals surface area (Å²) in [5, 5.41) is 171. The summed E-state index contributed by atoms with van der Waals surface area (Å²) < 4.78 is 75.3. The fourth-order valence-electron chi connectivity index (χ4n) is 13.3. The van der Waals surface area contributed by atoms with Crippen molar-refractivity contribution in [2.24, 2.45) is 5.73 Å². The first-order valence-electron chi connectivity index (χ1n) is 38.7. The van der Waals surface area contributed by atoms with Crippen molar-refractivity contribution in [3.8, 4) is 0 Å². The van der Waals surface area contributed by atoms with Crippen LogP contribution < -0.4 is 32.3 Å². The molecule has 4 aromatic rings. The molecule has 4 aliphatic heterocycles. The molecule has 5 amide bonds. The van der Waals surface area contributed by atoms with Gasteiger partial charge in [-0.15, -0.1) is 20.4 Å². The molecule has 49 heteroatoms. The summed E-state index contributed by atoms with van der Waals surface area (Å²) in [7, 11) is 0. The SMILES string of the molecule is CC(=O)NC1C(OCCOCCn2cc(CN(CCCC[C@@H](C(=O)NCCN)N(Cc3cn(CCOCCOC4OC(CO)C(O)C(O)C4NC(C)=O)nn3)Cc3cn(CCOCCOC4OC(CO)C(O)C(O)C4NC(C)=O)nn3)Cc3cn(CCOCCOC4OC(CO)C(O)C(O)C4NC(C)=O)nn3)nn2)OC(CO)C(O)C1O. The Morgan fingerprint density at radius 2 is 0.701 bits per heavy atom. The van der Waals surface area contributed by atoms with Gasteiger partial charge in [-0.2, -0.15) is 0 Å². The molecular formula is C68H116N20O29. The Balaban J connectivity index is 0.922. The van der Waals surface area contributed by atoms with Gasteiger partial charge in [-0.3, -0.25) is 33.8 Å². The molecule has 0 saturated carbocycles. The third-order valence-electron chi connectivity index (χ3n) is 19.1. The summed E-state index contributed by atoms with van der Waals surface area (Å²) in [4.78, 5) is 66.3. The monoisotopic (exact) mass is 1680 g/mol.